The van der Waals surface area contributed by atoms with E-state index in [1.165, 1.54) is 24.3 Å². The summed E-state index contributed by atoms with van der Waals surface area (Å²) >= 11 is 0. The van der Waals surface area contributed by atoms with Gasteiger partial charge in [0.2, 0.25) is 5.91 Å². The summed E-state index contributed by atoms with van der Waals surface area (Å²) in [5.74, 6) is -1.21. The maximum absolute atomic E-state index is 13.6. The maximum Gasteiger partial charge on any atom is 0.373 e. The second-order valence-corrected chi connectivity index (χ2v) is 10.4. The summed E-state index contributed by atoms with van der Waals surface area (Å²) < 4.78 is 5.22. The molecule has 1 amide bonds. The van der Waals surface area contributed by atoms with Gasteiger partial charge >= 0.3 is 11.6 Å². The fraction of sp³-hybridized carbons (Fsp3) is 0.333. The van der Waals surface area contributed by atoms with Crippen molar-refractivity contribution in [1.29, 1.82) is 0 Å². The fourth-order valence-electron chi connectivity index (χ4n) is 5.82. The largest absolute Gasteiger partial charge is 0.422 e. The summed E-state index contributed by atoms with van der Waals surface area (Å²) in [5.41, 5.74) is -1.93. The van der Waals surface area contributed by atoms with E-state index < -0.39 is 32.8 Å². The molecular formula is C27H25N3O7. The molecule has 0 saturated heterocycles. The van der Waals surface area contributed by atoms with Crippen LogP contribution in [0.1, 0.15) is 50.4 Å². The number of amides is 1. The molecule has 1 N–H and O–H groups in total. The second kappa shape index (κ2) is 8.36. The molecule has 1 aromatic heterocycles. The van der Waals surface area contributed by atoms with Gasteiger partial charge in [0.15, 0.2) is 0 Å². The molecule has 2 aliphatic carbocycles. The van der Waals surface area contributed by atoms with Gasteiger partial charge in [0.1, 0.15) is 11.1 Å². The van der Waals surface area contributed by atoms with Crippen LogP contribution >= 0.6 is 0 Å². The predicted octanol–water partition coefficient (Wildman–Crippen LogP) is 5.07. The Bertz CT molecular complexity index is 1560. The Morgan fingerprint density at radius 1 is 1.08 bits per heavy atom. The number of nitro groups is 1. The van der Waals surface area contributed by atoms with Crippen LogP contribution in [0, 0.1) is 26.4 Å². The van der Waals surface area contributed by atoms with Crippen molar-refractivity contribution in [3.05, 3.63) is 80.7 Å². The first-order valence-electron chi connectivity index (χ1n) is 11.9. The minimum atomic E-state index is -0.939. The van der Waals surface area contributed by atoms with Gasteiger partial charge in [0.05, 0.1) is 16.0 Å². The number of nitrogens with one attached hydrogen (secondary N) is 1. The summed E-state index contributed by atoms with van der Waals surface area (Å²) in [4.78, 5) is 54.5. The number of anilines is 1. The van der Waals surface area contributed by atoms with Gasteiger partial charge in [-0.25, -0.2) is 9.59 Å². The van der Waals surface area contributed by atoms with Gasteiger partial charge in [-0.1, -0.05) is 50.2 Å². The number of fused-ring (bicyclic) bond motifs is 3. The van der Waals surface area contributed by atoms with E-state index in [2.05, 4.69) is 10.5 Å². The monoisotopic (exact) mass is 503 g/mol. The van der Waals surface area contributed by atoms with Crippen molar-refractivity contribution in [3.8, 4) is 0 Å². The van der Waals surface area contributed by atoms with Crippen molar-refractivity contribution in [2.24, 2.45) is 21.4 Å². The van der Waals surface area contributed by atoms with Gasteiger partial charge in [-0.2, -0.15) is 0 Å². The molecule has 10 nitrogen and oxygen atoms in total. The normalized spacial score (nSPS) is 24.8. The van der Waals surface area contributed by atoms with Crippen molar-refractivity contribution < 1.29 is 23.8 Å². The number of carbonyl (C=O) groups is 2. The summed E-state index contributed by atoms with van der Waals surface area (Å²) in [5, 5.41) is 18.7. The quantitative estimate of drug-likeness (QED) is 0.222. The number of hydrogen-bond acceptors (Lipinski definition) is 8. The highest BCUT2D eigenvalue weighted by molar-refractivity contribution is 6.06. The minimum absolute atomic E-state index is 0.121. The average Bonchev–Trinajstić information content (AvgIpc) is 3.17. The molecular weight excluding hydrogens is 478 g/mol. The third kappa shape index (κ3) is 3.62. The Labute approximate surface area is 211 Å². The molecule has 2 saturated carbocycles. The van der Waals surface area contributed by atoms with E-state index in [9.17, 15) is 24.5 Å². The van der Waals surface area contributed by atoms with Crippen LogP contribution in [0.25, 0.3) is 11.0 Å². The molecule has 10 heteroatoms. The first-order valence-corrected chi connectivity index (χ1v) is 11.9. The van der Waals surface area contributed by atoms with Crippen molar-refractivity contribution in [1.82, 2.24) is 0 Å². The zero-order chi connectivity index (χ0) is 26.6. The van der Waals surface area contributed by atoms with Crippen molar-refractivity contribution in [2.45, 2.75) is 40.0 Å². The summed E-state index contributed by atoms with van der Waals surface area (Å²) in [6.45, 7) is 5.95. The fourth-order valence-corrected chi connectivity index (χ4v) is 5.82. The lowest BCUT2D eigenvalue weighted by Crippen LogP contribution is -2.43. The average molecular weight is 504 g/mol. The Hall–Kier alpha value is -4.34. The van der Waals surface area contributed by atoms with Crippen LogP contribution in [-0.2, 0) is 9.63 Å². The highest BCUT2D eigenvalue weighted by atomic mass is 16.7. The number of para-hydroxylation sites is 1. The molecule has 190 valence electrons. The third-order valence-electron chi connectivity index (χ3n) is 8.58. The minimum Gasteiger partial charge on any atom is -0.422 e. The van der Waals surface area contributed by atoms with Crippen LogP contribution in [0.3, 0.4) is 0 Å². The molecule has 2 aliphatic rings. The van der Waals surface area contributed by atoms with Crippen molar-refractivity contribution >= 4 is 39.9 Å². The van der Waals surface area contributed by atoms with E-state index in [0.29, 0.717) is 35.2 Å². The van der Waals surface area contributed by atoms with Gasteiger partial charge < -0.3 is 14.6 Å². The lowest BCUT2D eigenvalue weighted by Gasteiger charge is -2.39. The van der Waals surface area contributed by atoms with Crippen molar-refractivity contribution in [2.75, 3.05) is 5.32 Å². The molecule has 0 spiro atoms. The summed E-state index contributed by atoms with van der Waals surface area (Å²) in [6.07, 6.45) is 1.46. The van der Waals surface area contributed by atoms with E-state index in [1.807, 2.05) is 20.8 Å². The molecule has 2 fully saturated rings. The van der Waals surface area contributed by atoms with Crippen LogP contribution in [0.5, 0.6) is 0 Å². The molecule has 0 aliphatic heterocycles. The van der Waals surface area contributed by atoms with Crippen LogP contribution in [-0.4, -0.2) is 22.5 Å². The number of non-ortho nitro benzene ring substituents is 1. The third-order valence-corrected chi connectivity index (χ3v) is 8.58. The Balaban J connectivity index is 1.41. The predicted molar refractivity (Wildman–Crippen MR) is 135 cm³/mol. The highest BCUT2D eigenvalue weighted by Crippen LogP contribution is 2.71. The van der Waals surface area contributed by atoms with E-state index in [1.54, 1.807) is 30.3 Å². The number of rotatable bonds is 5. The number of nitrogens with zero attached hydrogens (tertiary/aromatic N) is 2. The molecule has 2 unspecified atom stereocenters. The molecule has 3 aromatic rings. The standard InChI is InChI=1S/C27H25N3O7/c1-25(2)26(3)11-12-27(25,24(33)28-17-8-6-9-18(14-17)30(34)35)15-21(26)29-37-23(32)19-13-16-7-4-5-10-20(16)36-22(19)31/h4-10,13-14H,11-12,15H2,1-3H3,(H,28,33). The molecule has 37 heavy (non-hydrogen) atoms. The SMILES string of the molecule is CC12CCC(C(=O)Nc3cccc([N+](=O)[O-])c3)(CC1=NOC(=O)c1cc3ccccc3oc1=O)C2(C)C. The van der Waals surface area contributed by atoms with E-state index in [4.69, 9.17) is 9.25 Å². The van der Waals surface area contributed by atoms with Gasteiger partial charge in [-0.3, -0.25) is 14.9 Å². The number of nitro benzene ring substituents is 1. The van der Waals surface area contributed by atoms with Crippen LogP contribution in [0.4, 0.5) is 11.4 Å². The maximum atomic E-state index is 13.6. The first kappa shape index (κ1) is 24.4. The molecule has 2 bridgehead atoms. The van der Waals surface area contributed by atoms with Crippen LogP contribution < -0.4 is 10.9 Å². The Kier molecular flexibility index (Phi) is 5.50. The smallest absolute Gasteiger partial charge is 0.373 e. The van der Waals surface area contributed by atoms with Crippen LogP contribution in [0.15, 0.2) is 69.0 Å². The van der Waals surface area contributed by atoms with E-state index >= 15 is 0 Å². The zero-order valence-electron chi connectivity index (χ0n) is 20.6. The number of hydrogen-bond donors (Lipinski definition) is 1. The number of benzene rings is 2. The Morgan fingerprint density at radius 2 is 1.84 bits per heavy atom. The van der Waals surface area contributed by atoms with Gasteiger partial charge in [0, 0.05) is 35.0 Å². The van der Waals surface area contributed by atoms with Gasteiger partial charge in [-0.05, 0) is 36.5 Å². The van der Waals surface area contributed by atoms with Gasteiger partial charge in [-0.15, -0.1) is 0 Å². The molecule has 0 radical (unpaired) electrons. The second-order valence-electron chi connectivity index (χ2n) is 10.4. The number of oxime groups is 1. The van der Waals surface area contributed by atoms with E-state index in [-0.39, 0.29) is 23.6 Å². The molecule has 1 heterocycles. The first-order chi connectivity index (χ1) is 17.5. The summed E-state index contributed by atoms with van der Waals surface area (Å²) in [7, 11) is 0. The lowest BCUT2D eigenvalue weighted by atomic mass is 9.64. The summed E-state index contributed by atoms with van der Waals surface area (Å²) in [6, 6.07) is 14.0. The topological polar surface area (TPSA) is 141 Å². The van der Waals surface area contributed by atoms with E-state index in [0.717, 1.165) is 0 Å². The van der Waals surface area contributed by atoms with Gasteiger partial charge in [0.25, 0.3) is 5.69 Å². The zero-order valence-corrected chi connectivity index (χ0v) is 20.6. The highest BCUT2D eigenvalue weighted by Gasteiger charge is 2.71. The Morgan fingerprint density at radius 3 is 2.59 bits per heavy atom. The lowest BCUT2D eigenvalue weighted by molar-refractivity contribution is -0.384. The van der Waals surface area contributed by atoms with Crippen molar-refractivity contribution in [3.63, 3.8) is 0 Å². The van der Waals surface area contributed by atoms with Crippen LogP contribution in [0.2, 0.25) is 0 Å². The molecule has 2 atom stereocenters. The molecule has 2 aromatic carbocycles. The number of carbonyl (C=O) groups excluding carboxylic acids is 2. The molecule has 5 rings (SSSR count).